The second-order valence-electron chi connectivity index (χ2n) is 5.01. The fraction of sp³-hybridized carbons (Fsp3) is 0.500. The van der Waals surface area contributed by atoms with Crippen LogP contribution in [0, 0.1) is 0 Å². The molecule has 0 saturated heterocycles. The molecule has 9 heteroatoms. The van der Waals surface area contributed by atoms with Gasteiger partial charge in [0, 0.05) is 6.54 Å². The van der Waals surface area contributed by atoms with E-state index in [0.717, 1.165) is 0 Å². The van der Waals surface area contributed by atoms with Crippen molar-refractivity contribution >= 4 is 25.7 Å². The van der Waals surface area contributed by atoms with Gasteiger partial charge >= 0.3 is 0 Å². The Hall–Kier alpha value is -1.19. The Morgan fingerprint density at radius 3 is 2.38 bits per heavy atom. The van der Waals surface area contributed by atoms with Crippen LogP contribution in [-0.2, 0) is 20.0 Å². The molecular weight excluding hydrogens is 319 g/mol. The molecule has 0 unspecified atom stereocenters. The molecule has 0 spiro atoms. The van der Waals surface area contributed by atoms with E-state index in [4.69, 9.17) is 0 Å². The van der Waals surface area contributed by atoms with Gasteiger partial charge in [-0.25, -0.2) is 25.9 Å². The Bertz CT molecular complexity index is 727. The molecule has 21 heavy (non-hydrogen) atoms. The summed E-state index contributed by atoms with van der Waals surface area (Å²) in [5.74, 6) is -0.657. The molecule has 1 aromatic rings. The summed E-state index contributed by atoms with van der Waals surface area (Å²) in [6, 6.07) is 5.61. The maximum atomic E-state index is 13.6. The highest BCUT2D eigenvalue weighted by Gasteiger charge is 2.47. The van der Waals surface area contributed by atoms with E-state index in [1.54, 1.807) is 6.92 Å². The standard InChI is InChI=1S/C12H17FN2O4S2/c1-2-14-21(18,19)11-6-4-3-5-10(11)15-20(16,17)9-12(13)7-8-12/h3-6,14-15H,2,7-9H2,1H3. The molecule has 1 fully saturated rings. The molecule has 1 aromatic carbocycles. The number of anilines is 1. The lowest BCUT2D eigenvalue weighted by Crippen LogP contribution is -2.27. The highest BCUT2D eigenvalue weighted by Crippen LogP contribution is 2.41. The molecule has 0 amide bonds. The minimum atomic E-state index is -3.94. The third-order valence-electron chi connectivity index (χ3n) is 3.02. The van der Waals surface area contributed by atoms with E-state index in [2.05, 4.69) is 9.44 Å². The molecule has 1 saturated carbocycles. The quantitative estimate of drug-likeness (QED) is 0.783. The van der Waals surface area contributed by atoms with Crippen molar-refractivity contribution in [1.82, 2.24) is 4.72 Å². The molecule has 2 rings (SSSR count). The first-order valence-corrected chi connectivity index (χ1v) is 9.59. The second kappa shape index (κ2) is 5.54. The van der Waals surface area contributed by atoms with Crippen LogP contribution in [0.15, 0.2) is 29.2 Å². The van der Waals surface area contributed by atoms with Crippen LogP contribution in [0.3, 0.4) is 0 Å². The van der Waals surface area contributed by atoms with E-state index >= 15 is 0 Å². The summed E-state index contributed by atoms with van der Waals surface area (Å²) in [6.07, 6.45) is 0.427. The lowest BCUT2D eigenvalue weighted by atomic mass is 10.3. The summed E-state index contributed by atoms with van der Waals surface area (Å²) in [4.78, 5) is -0.181. The lowest BCUT2D eigenvalue weighted by molar-refractivity contribution is 0.341. The molecule has 118 valence electrons. The van der Waals surface area contributed by atoms with Gasteiger partial charge in [-0.3, -0.25) is 4.72 Å². The number of halogens is 1. The third kappa shape index (κ3) is 4.14. The average Bonchev–Trinajstić information content (AvgIpc) is 3.05. The van der Waals surface area contributed by atoms with Crippen LogP contribution in [0.1, 0.15) is 19.8 Å². The van der Waals surface area contributed by atoms with Gasteiger partial charge in [0.15, 0.2) is 0 Å². The zero-order valence-electron chi connectivity index (χ0n) is 11.5. The van der Waals surface area contributed by atoms with E-state index in [0.29, 0.717) is 0 Å². The van der Waals surface area contributed by atoms with Crippen molar-refractivity contribution in [2.24, 2.45) is 0 Å². The van der Waals surface area contributed by atoms with Gasteiger partial charge in [-0.2, -0.15) is 0 Å². The average molecular weight is 336 g/mol. The Morgan fingerprint density at radius 2 is 1.81 bits per heavy atom. The van der Waals surface area contributed by atoms with Crippen LogP contribution >= 0.6 is 0 Å². The summed E-state index contributed by atoms with van der Waals surface area (Å²) in [5.41, 5.74) is -1.76. The Kier molecular flexibility index (Phi) is 4.27. The summed E-state index contributed by atoms with van der Waals surface area (Å²) in [6.45, 7) is 1.79. The van der Waals surface area contributed by atoms with Crippen LogP contribution in [0.25, 0.3) is 0 Å². The highest BCUT2D eigenvalue weighted by molar-refractivity contribution is 7.93. The zero-order chi connectivity index (χ0) is 15.7. The normalized spacial score (nSPS) is 17.4. The summed E-state index contributed by atoms with van der Waals surface area (Å²) < 4.78 is 65.9. The van der Waals surface area contributed by atoms with Crippen LogP contribution in [0.5, 0.6) is 0 Å². The number of alkyl halides is 1. The number of sulfonamides is 2. The molecule has 6 nitrogen and oxygen atoms in total. The molecule has 0 aliphatic heterocycles. The van der Waals surface area contributed by atoms with Crippen LogP contribution in [0.2, 0.25) is 0 Å². The summed E-state index contributed by atoms with van der Waals surface area (Å²) in [5, 5.41) is 0. The number of nitrogens with one attached hydrogen (secondary N) is 2. The summed E-state index contributed by atoms with van der Waals surface area (Å²) >= 11 is 0. The third-order valence-corrected chi connectivity index (χ3v) is 6.05. The fourth-order valence-corrected chi connectivity index (χ4v) is 4.70. The van der Waals surface area contributed by atoms with Crippen molar-refractivity contribution in [3.8, 4) is 0 Å². The highest BCUT2D eigenvalue weighted by atomic mass is 32.2. The second-order valence-corrected chi connectivity index (χ2v) is 8.47. The molecule has 0 radical (unpaired) electrons. The molecule has 0 heterocycles. The largest absolute Gasteiger partial charge is 0.282 e. The minimum Gasteiger partial charge on any atom is -0.282 e. The van der Waals surface area contributed by atoms with Gasteiger partial charge in [0.2, 0.25) is 20.0 Å². The monoisotopic (exact) mass is 336 g/mol. The van der Waals surface area contributed by atoms with E-state index in [1.807, 2.05) is 0 Å². The van der Waals surface area contributed by atoms with E-state index in [9.17, 15) is 21.2 Å². The first-order chi connectivity index (χ1) is 9.68. The van der Waals surface area contributed by atoms with Crippen molar-refractivity contribution in [2.75, 3.05) is 17.0 Å². The molecule has 0 atom stereocenters. The van der Waals surface area contributed by atoms with Crippen molar-refractivity contribution in [2.45, 2.75) is 30.3 Å². The van der Waals surface area contributed by atoms with Crippen molar-refractivity contribution in [3.63, 3.8) is 0 Å². The van der Waals surface area contributed by atoms with E-state index in [-0.39, 0.29) is 30.0 Å². The Labute approximate surface area is 123 Å². The summed E-state index contributed by atoms with van der Waals surface area (Å²) in [7, 11) is -7.76. The van der Waals surface area contributed by atoms with E-state index in [1.165, 1.54) is 24.3 Å². The van der Waals surface area contributed by atoms with Gasteiger partial charge in [0.1, 0.15) is 16.3 Å². The maximum Gasteiger partial charge on any atom is 0.242 e. The van der Waals surface area contributed by atoms with Gasteiger partial charge in [0.05, 0.1) is 5.69 Å². The number of hydrogen-bond acceptors (Lipinski definition) is 4. The lowest BCUT2D eigenvalue weighted by Gasteiger charge is -2.14. The molecule has 0 aromatic heterocycles. The predicted molar refractivity (Wildman–Crippen MR) is 77.8 cm³/mol. The molecule has 1 aliphatic carbocycles. The maximum absolute atomic E-state index is 13.6. The van der Waals surface area contributed by atoms with Gasteiger partial charge in [-0.1, -0.05) is 19.1 Å². The van der Waals surface area contributed by atoms with E-state index < -0.39 is 31.5 Å². The van der Waals surface area contributed by atoms with Crippen LogP contribution in [-0.4, -0.2) is 34.8 Å². The molecular formula is C12H17FN2O4S2. The fourth-order valence-electron chi connectivity index (χ4n) is 1.88. The van der Waals surface area contributed by atoms with Crippen LogP contribution in [0.4, 0.5) is 10.1 Å². The van der Waals surface area contributed by atoms with Gasteiger partial charge in [0.25, 0.3) is 0 Å². The smallest absolute Gasteiger partial charge is 0.242 e. The predicted octanol–water partition coefficient (Wildman–Crippen LogP) is 1.23. The van der Waals surface area contributed by atoms with Crippen molar-refractivity contribution in [3.05, 3.63) is 24.3 Å². The van der Waals surface area contributed by atoms with Gasteiger partial charge in [-0.05, 0) is 25.0 Å². The zero-order valence-corrected chi connectivity index (χ0v) is 13.1. The number of para-hydroxylation sites is 1. The Morgan fingerprint density at radius 1 is 1.19 bits per heavy atom. The minimum absolute atomic E-state index is 0.0808. The van der Waals surface area contributed by atoms with Gasteiger partial charge < -0.3 is 0 Å². The van der Waals surface area contributed by atoms with Gasteiger partial charge in [-0.15, -0.1) is 0 Å². The molecule has 2 N–H and O–H groups in total. The molecule has 0 bridgehead atoms. The molecule has 1 aliphatic rings. The topological polar surface area (TPSA) is 92.3 Å². The SMILES string of the molecule is CCNS(=O)(=O)c1ccccc1NS(=O)(=O)CC1(F)CC1. The first-order valence-electron chi connectivity index (χ1n) is 6.46. The number of benzene rings is 1. The van der Waals surface area contributed by atoms with Crippen molar-refractivity contribution < 1.29 is 21.2 Å². The first kappa shape index (κ1) is 16.2. The Balaban J connectivity index is 2.29. The number of rotatable bonds is 7. The van der Waals surface area contributed by atoms with Crippen molar-refractivity contribution in [1.29, 1.82) is 0 Å². The number of hydrogen-bond donors (Lipinski definition) is 2. The van der Waals surface area contributed by atoms with Crippen LogP contribution < -0.4 is 9.44 Å².